The minimum Gasteiger partial charge on any atom is -0.497 e. The molecule has 0 spiro atoms. The second-order valence-electron chi connectivity index (χ2n) is 5.72. The third-order valence-electron chi connectivity index (χ3n) is 3.96. The average molecular weight is 316 g/mol. The zero-order valence-electron chi connectivity index (χ0n) is 13.9. The highest BCUT2D eigenvalue weighted by molar-refractivity contribution is 5.89. The van der Waals surface area contributed by atoms with Crippen molar-refractivity contribution >= 4 is 22.8 Å². The first kappa shape index (κ1) is 15.5. The van der Waals surface area contributed by atoms with Gasteiger partial charge in [-0.25, -0.2) is 20.6 Å². The molecular formula is C16H24N6O+2. The number of benzene rings is 1. The SMILES string of the molecule is CCC[NH+]1CNC(Nc2nc(C)c3cc(OC)ccc3n2)=[NH+]C1. The highest BCUT2D eigenvalue weighted by Gasteiger charge is 2.20. The fourth-order valence-electron chi connectivity index (χ4n) is 2.73. The number of ether oxygens (including phenoxy) is 1. The predicted molar refractivity (Wildman–Crippen MR) is 89.4 cm³/mol. The van der Waals surface area contributed by atoms with Crippen LogP contribution in [0.1, 0.15) is 19.0 Å². The van der Waals surface area contributed by atoms with Gasteiger partial charge in [0.15, 0.2) is 13.3 Å². The Labute approximate surface area is 135 Å². The largest absolute Gasteiger partial charge is 0.497 e. The molecule has 3 rings (SSSR count). The summed E-state index contributed by atoms with van der Waals surface area (Å²) >= 11 is 0. The summed E-state index contributed by atoms with van der Waals surface area (Å²) in [6, 6.07) is 5.83. The Hall–Kier alpha value is -2.41. The van der Waals surface area contributed by atoms with Crippen LogP contribution in [0.25, 0.3) is 10.9 Å². The van der Waals surface area contributed by atoms with Gasteiger partial charge in [0, 0.05) is 5.39 Å². The predicted octanol–water partition coefficient (Wildman–Crippen LogP) is -1.39. The molecule has 4 N–H and O–H groups in total. The van der Waals surface area contributed by atoms with Gasteiger partial charge >= 0.3 is 5.96 Å². The van der Waals surface area contributed by atoms with E-state index in [0.29, 0.717) is 5.95 Å². The standard InChI is InChI=1S/C16H22N6O/c1-4-7-22-9-17-15(18-10-22)21-16-19-11(2)13-8-12(23-3)5-6-14(13)20-16/h5-6,8H,4,7,9-10H2,1-3H3,(H2,17,18,19,20,21)/p+2. The Morgan fingerprint density at radius 1 is 1.39 bits per heavy atom. The third-order valence-corrected chi connectivity index (χ3v) is 3.96. The topological polar surface area (TPSA) is 77.5 Å². The lowest BCUT2D eigenvalue weighted by Crippen LogP contribution is -3.24. The van der Waals surface area contributed by atoms with Crippen LogP contribution < -0.4 is 25.3 Å². The smallest absolute Gasteiger partial charge is 0.359 e. The quantitative estimate of drug-likeness (QED) is 0.559. The van der Waals surface area contributed by atoms with E-state index in [1.807, 2.05) is 25.1 Å². The first-order chi connectivity index (χ1) is 11.2. The van der Waals surface area contributed by atoms with Crippen molar-refractivity contribution in [2.45, 2.75) is 20.3 Å². The van der Waals surface area contributed by atoms with Crippen LogP contribution in [-0.4, -0.2) is 42.9 Å². The number of hydrogen-bond donors (Lipinski definition) is 4. The monoisotopic (exact) mass is 316 g/mol. The fourth-order valence-corrected chi connectivity index (χ4v) is 2.73. The Morgan fingerprint density at radius 3 is 2.96 bits per heavy atom. The molecule has 0 radical (unpaired) electrons. The summed E-state index contributed by atoms with van der Waals surface area (Å²) < 4.78 is 5.26. The third kappa shape index (κ3) is 3.50. The molecule has 2 aromatic rings. The lowest BCUT2D eigenvalue weighted by Gasteiger charge is -2.19. The molecule has 122 valence electrons. The second kappa shape index (κ2) is 6.78. The maximum Gasteiger partial charge on any atom is 0.359 e. The van der Waals surface area contributed by atoms with E-state index in [0.717, 1.165) is 48.2 Å². The number of nitrogens with zero attached hydrogens (tertiary/aromatic N) is 2. The molecule has 0 aliphatic carbocycles. The molecule has 1 aromatic heterocycles. The van der Waals surface area contributed by atoms with Crippen molar-refractivity contribution in [2.24, 2.45) is 0 Å². The second-order valence-corrected chi connectivity index (χ2v) is 5.72. The number of quaternary nitrogens is 1. The van der Waals surface area contributed by atoms with Crippen molar-refractivity contribution < 1.29 is 14.6 Å². The number of nitrogens with one attached hydrogen (secondary N) is 4. The molecule has 1 atom stereocenters. The van der Waals surface area contributed by atoms with Crippen molar-refractivity contribution in [3.8, 4) is 5.75 Å². The first-order valence-corrected chi connectivity index (χ1v) is 7.97. The van der Waals surface area contributed by atoms with Crippen LogP contribution in [0.2, 0.25) is 0 Å². The van der Waals surface area contributed by atoms with Crippen LogP contribution in [0.4, 0.5) is 5.95 Å². The molecule has 1 aromatic carbocycles. The number of anilines is 1. The number of guanidine groups is 1. The molecule has 7 nitrogen and oxygen atoms in total. The van der Waals surface area contributed by atoms with E-state index in [-0.39, 0.29) is 0 Å². The number of hydrogen-bond acceptors (Lipinski definition) is 5. The van der Waals surface area contributed by atoms with Gasteiger partial charge in [-0.3, -0.25) is 4.90 Å². The molecule has 0 saturated carbocycles. The Balaban J connectivity index is 1.79. The molecule has 1 unspecified atom stereocenters. The van der Waals surface area contributed by atoms with Crippen LogP contribution in [0.5, 0.6) is 5.75 Å². The first-order valence-electron chi connectivity index (χ1n) is 7.97. The van der Waals surface area contributed by atoms with Gasteiger partial charge in [-0.1, -0.05) is 6.92 Å². The summed E-state index contributed by atoms with van der Waals surface area (Å²) in [4.78, 5) is 13.9. The molecule has 1 aliphatic rings. The number of aryl methyl sites for hydroxylation is 1. The maximum absolute atomic E-state index is 5.26. The van der Waals surface area contributed by atoms with Gasteiger partial charge in [0.2, 0.25) is 0 Å². The van der Waals surface area contributed by atoms with Crippen molar-refractivity contribution in [1.29, 1.82) is 0 Å². The minimum atomic E-state index is 0.592. The normalized spacial score (nSPS) is 17.5. The molecule has 23 heavy (non-hydrogen) atoms. The van der Waals surface area contributed by atoms with Crippen molar-refractivity contribution in [3.05, 3.63) is 23.9 Å². The van der Waals surface area contributed by atoms with Gasteiger partial charge in [0.05, 0.1) is 24.9 Å². The van der Waals surface area contributed by atoms with Gasteiger partial charge in [-0.05, 0) is 31.5 Å². The molecule has 2 heterocycles. The average Bonchev–Trinajstić information content (AvgIpc) is 2.57. The van der Waals surface area contributed by atoms with E-state index >= 15 is 0 Å². The van der Waals surface area contributed by atoms with Crippen LogP contribution >= 0.6 is 0 Å². The highest BCUT2D eigenvalue weighted by atomic mass is 16.5. The number of methoxy groups -OCH3 is 1. The van der Waals surface area contributed by atoms with Crippen LogP contribution in [0, 0.1) is 6.92 Å². The van der Waals surface area contributed by atoms with E-state index < -0.39 is 0 Å². The summed E-state index contributed by atoms with van der Waals surface area (Å²) in [6.07, 6.45) is 1.18. The minimum absolute atomic E-state index is 0.592. The highest BCUT2D eigenvalue weighted by Crippen LogP contribution is 2.22. The van der Waals surface area contributed by atoms with Crippen molar-refractivity contribution in [2.75, 3.05) is 32.3 Å². The zero-order valence-corrected chi connectivity index (χ0v) is 13.9. The summed E-state index contributed by atoms with van der Waals surface area (Å²) in [5, 5.41) is 7.58. The molecule has 0 amide bonds. The molecule has 0 bridgehead atoms. The fraction of sp³-hybridized carbons (Fsp3) is 0.438. The van der Waals surface area contributed by atoms with Gasteiger partial charge in [0.25, 0.3) is 5.95 Å². The van der Waals surface area contributed by atoms with Crippen LogP contribution in [-0.2, 0) is 0 Å². The summed E-state index contributed by atoms with van der Waals surface area (Å²) in [7, 11) is 1.66. The van der Waals surface area contributed by atoms with Gasteiger partial charge in [0.1, 0.15) is 5.75 Å². The molecule has 7 heteroatoms. The lowest BCUT2D eigenvalue weighted by atomic mass is 10.2. The number of rotatable bonds is 4. The Morgan fingerprint density at radius 2 is 2.26 bits per heavy atom. The van der Waals surface area contributed by atoms with E-state index in [1.165, 1.54) is 11.3 Å². The van der Waals surface area contributed by atoms with Gasteiger partial charge in [-0.15, -0.1) is 0 Å². The van der Waals surface area contributed by atoms with Crippen molar-refractivity contribution in [1.82, 2.24) is 15.3 Å². The molecule has 0 saturated heterocycles. The summed E-state index contributed by atoms with van der Waals surface area (Å²) in [6.45, 7) is 7.12. The lowest BCUT2D eigenvalue weighted by molar-refractivity contribution is -0.980. The van der Waals surface area contributed by atoms with Crippen molar-refractivity contribution in [3.63, 3.8) is 0 Å². The van der Waals surface area contributed by atoms with Crippen LogP contribution in [0.3, 0.4) is 0 Å². The van der Waals surface area contributed by atoms with Gasteiger partial charge in [-0.2, -0.15) is 4.98 Å². The molecule has 1 aliphatic heterocycles. The van der Waals surface area contributed by atoms with Crippen LogP contribution in [0.15, 0.2) is 18.2 Å². The zero-order chi connectivity index (χ0) is 16.2. The molecular weight excluding hydrogens is 292 g/mol. The van der Waals surface area contributed by atoms with Gasteiger partial charge < -0.3 is 4.74 Å². The Bertz CT molecular complexity index is 730. The van der Waals surface area contributed by atoms with E-state index in [1.54, 1.807) is 7.11 Å². The summed E-state index contributed by atoms with van der Waals surface area (Å²) in [5.41, 5.74) is 1.82. The van der Waals surface area contributed by atoms with E-state index in [4.69, 9.17) is 4.74 Å². The number of fused-ring (bicyclic) bond motifs is 1. The summed E-state index contributed by atoms with van der Waals surface area (Å²) in [5.74, 6) is 2.26. The molecule has 0 fully saturated rings. The number of aromatic nitrogens is 2. The van der Waals surface area contributed by atoms with E-state index in [2.05, 4.69) is 32.5 Å². The maximum atomic E-state index is 5.26. The Kier molecular flexibility index (Phi) is 4.57. The van der Waals surface area contributed by atoms with E-state index in [9.17, 15) is 0 Å².